The number of rotatable bonds is 7. The van der Waals surface area contributed by atoms with Gasteiger partial charge in [0.15, 0.2) is 0 Å². The summed E-state index contributed by atoms with van der Waals surface area (Å²) in [6.07, 6.45) is 3.61. The fourth-order valence-electron chi connectivity index (χ4n) is 2.07. The molecule has 0 aliphatic heterocycles. The monoisotopic (exact) mass is 316 g/mol. The van der Waals surface area contributed by atoms with Crippen LogP contribution in [-0.2, 0) is 19.4 Å². The van der Waals surface area contributed by atoms with Crippen LogP contribution in [0.1, 0.15) is 51.9 Å². The maximum absolute atomic E-state index is 9.82. The Morgan fingerprint density at radius 1 is 1.33 bits per heavy atom. The molecular formula is C14H25BrN2O. The van der Waals surface area contributed by atoms with Gasteiger partial charge in [-0.15, -0.1) is 0 Å². The van der Waals surface area contributed by atoms with Crippen LogP contribution in [0, 0.1) is 5.92 Å². The Morgan fingerprint density at radius 2 is 2.00 bits per heavy atom. The van der Waals surface area contributed by atoms with Gasteiger partial charge in [0.05, 0.1) is 22.0 Å². The summed E-state index contributed by atoms with van der Waals surface area (Å²) in [4.78, 5) is 0. The molecule has 1 N–H and O–H groups in total. The number of aryl methyl sites for hydroxylation is 2. The molecule has 0 aliphatic carbocycles. The fraction of sp³-hybridized carbons (Fsp3) is 0.786. The van der Waals surface area contributed by atoms with Crippen molar-refractivity contribution in [2.45, 2.75) is 66.0 Å². The molecule has 0 amide bonds. The van der Waals surface area contributed by atoms with Gasteiger partial charge in [-0.2, -0.15) is 5.10 Å². The predicted molar refractivity (Wildman–Crippen MR) is 78.8 cm³/mol. The van der Waals surface area contributed by atoms with Gasteiger partial charge in [0.25, 0.3) is 0 Å². The number of hydrogen-bond acceptors (Lipinski definition) is 2. The molecule has 1 rings (SSSR count). The Hall–Kier alpha value is -0.350. The van der Waals surface area contributed by atoms with Crippen molar-refractivity contribution in [3.63, 3.8) is 0 Å². The lowest BCUT2D eigenvalue weighted by Gasteiger charge is -2.14. The summed E-state index contributed by atoms with van der Waals surface area (Å²) in [6.45, 7) is 9.27. The highest BCUT2D eigenvalue weighted by Gasteiger charge is 2.15. The quantitative estimate of drug-likeness (QED) is 0.835. The summed E-state index contributed by atoms with van der Waals surface area (Å²) in [5.41, 5.74) is 2.40. The van der Waals surface area contributed by atoms with Gasteiger partial charge < -0.3 is 5.11 Å². The molecule has 0 aromatic carbocycles. The lowest BCUT2D eigenvalue weighted by atomic mass is 10.0. The van der Waals surface area contributed by atoms with E-state index in [4.69, 9.17) is 0 Å². The van der Waals surface area contributed by atoms with Gasteiger partial charge in [0.2, 0.25) is 0 Å². The molecule has 0 saturated carbocycles. The number of aromatic nitrogens is 2. The molecule has 1 unspecified atom stereocenters. The van der Waals surface area contributed by atoms with E-state index in [-0.39, 0.29) is 6.10 Å². The van der Waals surface area contributed by atoms with Crippen LogP contribution in [0.5, 0.6) is 0 Å². The topological polar surface area (TPSA) is 38.0 Å². The van der Waals surface area contributed by atoms with Crippen molar-refractivity contribution in [3.8, 4) is 0 Å². The molecule has 0 spiro atoms. The molecule has 3 nitrogen and oxygen atoms in total. The SMILES string of the molecule is CCc1nn(CC)c(CCCC(O)C(C)C)c1Br. The standard InChI is InChI=1S/C14H25BrN2O/c1-5-11-14(15)12(17(6-2)16-11)8-7-9-13(18)10(3)4/h10,13,18H,5-9H2,1-4H3. The molecule has 4 heteroatoms. The normalized spacial score (nSPS) is 13.3. The summed E-state index contributed by atoms with van der Waals surface area (Å²) in [6, 6.07) is 0. The highest BCUT2D eigenvalue weighted by atomic mass is 79.9. The van der Waals surface area contributed by atoms with Gasteiger partial charge in [-0.1, -0.05) is 20.8 Å². The van der Waals surface area contributed by atoms with Gasteiger partial charge in [0, 0.05) is 6.54 Å². The second-order valence-electron chi connectivity index (χ2n) is 5.08. The van der Waals surface area contributed by atoms with Gasteiger partial charge >= 0.3 is 0 Å². The first kappa shape index (κ1) is 15.7. The molecule has 104 valence electrons. The maximum Gasteiger partial charge on any atom is 0.0766 e. The van der Waals surface area contributed by atoms with Gasteiger partial charge in [-0.25, -0.2) is 0 Å². The van der Waals surface area contributed by atoms with Crippen LogP contribution in [0.2, 0.25) is 0 Å². The van der Waals surface area contributed by atoms with Crippen LogP contribution in [-0.4, -0.2) is 21.0 Å². The van der Waals surface area contributed by atoms with E-state index in [1.807, 2.05) is 0 Å². The van der Waals surface area contributed by atoms with Crippen molar-refractivity contribution in [2.75, 3.05) is 0 Å². The first-order valence-electron chi connectivity index (χ1n) is 6.93. The van der Waals surface area contributed by atoms with Crippen molar-refractivity contribution in [1.29, 1.82) is 0 Å². The van der Waals surface area contributed by atoms with E-state index >= 15 is 0 Å². The molecule has 0 fully saturated rings. The summed E-state index contributed by atoms with van der Waals surface area (Å²) >= 11 is 3.65. The Bertz CT molecular complexity index is 374. The Kier molecular flexibility index (Phi) is 6.36. The van der Waals surface area contributed by atoms with E-state index in [1.54, 1.807) is 0 Å². The maximum atomic E-state index is 9.82. The average molecular weight is 317 g/mol. The molecule has 18 heavy (non-hydrogen) atoms. The van der Waals surface area contributed by atoms with E-state index in [2.05, 4.69) is 53.4 Å². The van der Waals surface area contributed by atoms with Crippen molar-refractivity contribution in [3.05, 3.63) is 15.9 Å². The zero-order valence-electron chi connectivity index (χ0n) is 11.9. The minimum Gasteiger partial charge on any atom is -0.393 e. The van der Waals surface area contributed by atoms with Crippen molar-refractivity contribution in [2.24, 2.45) is 5.92 Å². The van der Waals surface area contributed by atoms with E-state index in [1.165, 1.54) is 5.69 Å². The molecule has 1 heterocycles. The molecule has 1 atom stereocenters. The van der Waals surface area contributed by atoms with Crippen LogP contribution in [0.3, 0.4) is 0 Å². The zero-order chi connectivity index (χ0) is 13.7. The van der Waals surface area contributed by atoms with E-state index < -0.39 is 0 Å². The largest absolute Gasteiger partial charge is 0.393 e. The Balaban J connectivity index is 2.64. The third-order valence-corrected chi connectivity index (χ3v) is 4.29. The van der Waals surface area contributed by atoms with E-state index in [0.29, 0.717) is 5.92 Å². The second-order valence-corrected chi connectivity index (χ2v) is 5.87. The highest BCUT2D eigenvalue weighted by Crippen LogP contribution is 2.24. The van der Waals surface area contributed by atoms with Crippen molar-refractivity contribution < 1.29 is 5.11 Å². The van der Waals surface area contributed by atoms with Gasteiger partial charge in [-0.05, 0) is 54.5 Å². The van der Waals surface area contributed by atoms with Crippen LogP contribution < -0.4 is 0 Å². The molecule has 1 aromatic rings. The Morgan fingerprint density at radius 3 is 2.50 bits per heavy atom. The van der Waals surface area contributed by atoms with Gasteiger partial charge in [-0.3, -0.25) is 4.68 Å². The minimum absolute atomic E-state index is 0.188. The molecule has 0 aliphatic rings. The van der Waals surface area contributed by atoms with E-state index in [0.717, 1.165) is 42.4 Å². The summed E-state index contributed by atoms with van der Waals surface area (Å²) in [7, 11) is 0. The van der Waals surface area contributed by atoms with Crippen LogP contribution >= 0.6 is 15.9 Å². The predicted octanol–water partition coefficient (Wildman–Crippen LogP) is 3.57. The van der Waals surface area contributed by atoms with Gasteiger partial charge in [0.1, 0.15) is 0 Å². The third kappa shape index (κ3) is 3.82. The number of aliphatic hydroxyl groups excluding tert-OH is 1. The zero-order valence-corrected chi connectivity index (χ0v) is 13.5. The molecule has 1 aromatic heterocycles. The van der Waals surface area contributed by atoms with Crippen molar-refractivity contribution in [1.82, 2.24) is 9.78 Å². The number of hydrogen-bond donors (Lipinski definition) is 1. The van der Waals surface area contributed by atoms with Crippen LogP contribution in [0.15, 0.2) is 4.47 Å². The molecular weight excluding hydrogens is 292 g/mol. The minimum atomic E-state index is -0.188. The third-order valence-electron chi connectivity index (χ3n) is 3.38. The first-order chi connectivity index (χ1) is 8.51. The smallest absolute Gasteiger partial charge is 0.0766 e. The van der Waals surface area contributed by atoms with Crippen molar-refractivity contribution >= 4 is 15.9 Å². The summed E-state index contributed by atoms with van der Waals surface area (Å²) < 4.78 is 3.23. The number of nitrogens with zero attached hydrogens (tertiary/aromatic N) is 2. The Labute approximate surface area is 119 Å². The molecule has 0 bridgehead atoms. The second kappa shape index (κ2) is 7.29. The molecule has 0 saturated heterocycles. The van der Waals surface area contributed by atoms with Crippen LogP contribution in [0.25, 0.3) is 0 Å². The van der Waals surface area contributed by atoms with E-state index in [9.17, 15) is 5.11 Å². The first-order valence-corrected chi connectivity index (χ1v) is 7.72. The van der Waals surface area contributed by atoms with Crippen LogP contribution in [0.4, 0.5) is 0 Å². The average Bonchev–Trinajstić information content (AvgIpc) is 2.65. The highest BCUT2D eigenvalue weighted by molar-refractivity contribution is 9.10. The number of halogens is 1. The lowest BCUT2D eigenvalue weighted by molar-refractivity contribution is 0.114. The fourth-order valence-corrected chi connectivity index (χ4v) is 2.83. The number of aliphatic hydroxyl groups is 1. The lowest BCUT2D eigenvalue weighted by Crippen LogP contribution is -2.15. The summed E-state index contributed by atoms with van der Waals surface area (Å²) in [5, 5.41) is 14.4. The summed E-state index contributed by atoms with van der Waals surface area (Å²) in [5.74, 6) is 0.343. The molecule has 0 radical (unpaired) electrons.